The first-order chi connectivity index (χ1) is 11.7. The maximum Gasteiger partial charge on any atom is 0.227 e. The number of fused-ring (bicyclic) bond motifs is 1. The molecule has 0 saturated carbocycles. The van der Waals surface area contributed by atoms with Crippen molar-refractivity contribution in [1.82, 2.24) is 0 Å². The van der Waals surface area contributed by atoms with Gasteiger partial charge in [-0.05, 0) is 35.6 Å². The number of hydrogen-bond donors (Lipinski definition) is 0. The van der Waals surface area contributed by atoms with Gasteiger partial charge in [0.1, 0.15) is 0 Å². The average Bonchev–Trinajstić information content (AvgIpc) is 2.57. The molecule has 128 valence electrons. The highest BCUT2D eigenvalue weighted by Crippen LogP contribution is 2.36. The van der Waals surface area contributed by atoms with Crippen molar-refractivity contribution in [3.05, 3.63) is 77.3 Å². The van der Waals surface area contributed by atoms with Crippen LogP contribution >= 0.6 is 0 Å². The van der Waals surface area contributed by atoms with Gasteiger partial charge in [0, 0.05) is 17.9 Å². The maximum atomic E-state index is 13.0. The van der Waals surface area contributed by atoms with Gasteiger partial charge in [0.15, 0.2) is 5.69 Å². The number of aryl methyl sites for hydroxylation is 1. The summed E-state index contributed by atoms with van der Waals surface area (Å²) in [6, 6.07) is 16.6. The molecular weight excluding hydrogens is 306 g/mol. The lowest BCUT2D eigenvalue weighted by molar-refractivity contribution is -0.612. The SMILES string of the molecule is C=C(C)c1c(-c2ccccc2)c2cc(C(C)(C)C)ccc2c(C)[n+]1[O-]. The van der Waals surface area contributed by atoms with Crippen molar-refractivity contribution in [2.75, 3.05) is 0 Å². The summed E-state index contributed by atoms with van der Waals surface area (Å²) in [5, 5.41) is 15.1. The van der Waals surface area contributed by atoms with E-state index in [-0.39, 0.29) is 5.41 Å². The molecule has 1 heterocycles. The Bertz CT molecular complexity index is 963. The van der Waals surface area contributed by atoms with Crippen LogP contribution in [-0.2, 0) is 5.41 Å². The summed E-state index contributed by atoms with van der Waals surface area (Å²) in [6.45, 7) is 14.5. The molecule has 0 spiro atoms. The largest absolute Gasteiger partial charge is 0.618 e. The van der Waals surface area contributed by atoms with Crippen LogP contribution in [0, 0.1) is 12.1 Å². The minimum atomic E-state index is 0.0444. The third-order valence-electron chi connectivity index (χ3n) is 4.76. The Kier molecular flexibility index (Phi) is 4.16. The lowest BCUT2D eigenvalue weighted by Gasteiger charge is -2.22. The third-order valence-corrected chi connectivity index (χ3v) is 4.76. The van der Waals surface area contributed by atoms with E-state index >= 15 is 0 Å². The number of nitrogens with zero attached hydrogens (tertiary/aromatic N) is 1. The second-order valence-corrected chi connectivity index (χ2v) is 7.76. The number of aromatic nitrogens is 1. The normalized spacial score (nSPS) is 11.7. The molecule has 2 aromatic carbocycles. The van der Waals surface area contributed by atoms with E-state index in [1.54, 1.807) is 0 Å². The molecule has 0 fully saturated rings. The second-order valence-electron chi connectivity index (χ2n) is 7.76. The highest BCUT2D eigenvalue weighted by atomic mass is 16.5. The Morgan fingerprint density at radius 2 is 1.64 bits per heavy atom. The van der Waals surface area contributed by atoms with Crippen molar-refractivity contribution in [1.29, 1.82) is 0 Å². The topological polar surface area (TPSA) is 26.9 Å². The van der Waals surface area contributed by atoms with Gasteiger partial charge in [-0.2, -0.15) is 4.73 Å². The van der Waals surface area contributed by atoms with Gasteiger partial charge in [0.25, 0.3) is 0 Å². The van der Waals surface area contributed by atoms with Gasteiger partial charge in [0.2, 0.25) is 5.69 Å². The molecule has 0 aliphatic rings. The van der Waals surface area contributed by atoms with Gasteiger partial charge in [-0.3, -0.25) is 0 Å². The van der Waals surface area contributed by atoms with Crippen molar-refractivity contribution < 1.29 is 4.73 Å². The predicted octanol–water partition coefficient (Wildman–Crippen LogP) is 5.78. The van der Waals surface area contributed by atoms with Crippen molar-refractivity contribution in [3.8, 4) is 11.1 Å². The molecule has 0 atom stereocenters. The number of hydrogen-bond acceptors (Lipinski definition) is 1. The van der Waals surface area contributed by atoms with E-state index in [4.69, 9.17) is 0 Å². The number of pyridine rings is 1. The highest BCUT2D eigenvalue weighted by Gasteiger charge is 2.24. The first-order valence-corrected chi connectivity index (χ1v) is 8.63. The van der Waals surface area contributed by atoms with Crippen LogP contribution in [0.4, 0.5) is 0 Å². The van der Waals surface area contributed by atoms with E-state index in [9.17, 15) is 5.21 Å². The Balaban J connectivity index is 2.53. The fourth-order valence-corrected chi connectivity index (χ4v) is 3.32. The van der Waals surface area contributed by atoms with Crippen molar-refractivity contribution in [2.45, 2.75) is 40.0 Å². The van der Waals surface area contributed by atoms with E-state index in [0.717, 1.165) is 32.2 Å². The molecule has 0 bridgehead atoms. The van der Waals surface area contributed by atoms with Gasteiger partial charge in [-0.25, -0.2) is 0 Å². The molecule has 25 heavy (non-hydrogen) atoms. The zero-order chi connectivity index (χ0) is 18.4. The van der Waals surface area contributed by atoms with Crippen LogP contribution in [0.5, 0.6) is 0 Å². The van der Waals surface area contributed by atoms with Gasteiger partial charge in [0.05, 0.1) is 10.9 Å². The third kappa shape index (κ3) is 2.93. The monoisotopic (exact) mass is 331 g/mol. The van der Waals surface area contributed by atoms with Crippen LogP contribution in [0.1, 0.15) is 44.6 Å². The average molecular weight is 331 g/mol. The van der Waals surface area contributed by atoms with Crippen LogP contribution in [0.2, 0.25) is 0 Å². The minimum absolute atomic E-state index is 0.0444. The van der Waals surface area contributed by atoms with E-state index < -0.39 is 0 Å². The molecular formula is C23H25NO. The molecule has 0 aliphatic heterocycles. The van der Waals surface area contributed by atoms with E-state index in [0.29, 0.717) is 11.4 Å². The Labute approximate surface area is 150 Å². The first kappa shape index (κ1) is 17.2. The van der Waals surface area contributed by atoms with Crippen LogP contribution in [0.25, 0.3) is 27.5 Å². The Morgan fingerprint density at radius 1 is 1.00 bits per heavy atom. The smallest absolute Gasteiger partial charge is 0.227 e. The lowest BCUT2D eigenvalue weighted by atomic mass is 9.84. The molecule has 0 unspecified atom stereocenters. The quantitative estimate of drug-likeness (QED) is 0.432. The van der Waals surface area contributed by atoms with Crippen molar-refractivity contribution in [3.63, 3.8) is 0 Å². The second kappa shape index (κ2) is 6.03. The van der Waals surface area contributed by atoms with Crippen LogP contribution < -0.4 is 4.73 Å². The standard InChI is InChI=1S/C23H25NO/c1-15(2)22-21(17-10-8-7-9-11-17)20-14-18(23(4,5)6)12-13-19(20)16(3)24(22)25/h7-14H,1H2,2-6H3. The molecule has 0 radical (unpaired) electrons. The maximum absolute atomic E-state index is 13.0. The molecule has 3 aromatic rings. The zero-order valence-corrected chi connectivity index (χ0v) is 15.7. The molecule has 0 aliphatic carbocycles. The van der Waals surface area contributed by atoms with E-state index in [1.165, 1.54) is 5.56 Å². The van der Waals surface area contributed by atoms with Crippen LogP contribution in [0.15, 0.2) is 55.1 Å². The summed E-state index contributed by atoms with van der Waals surface area (Å²) in [5.41, 5.74) is 5.46. The number of rotatable bonds is 2. The lowest BCUT2D eigenvalue weighted by Crippen LogP contribution is -2.35. The molecule has 2 heteroatoms. The van der Waals surface area contributed by atoms with Crippen molar-refractivity contribution in [2.24, 2.45) is 0 Å². The molecule has 0 N–H and O–H groups in total. The number of allylic oxidation sites excluding steroid dienone is 1. The highest BCUT2D eigenvalue weighted by molar-refractivity contribution is 6.01. The summed E-state index contributed by atoms with van der Waals surface area (Å²) < 4.78 is 1.03. The summed E-state index contributed by atoms with van der Waals surface area (Å²) in [6.07, 6.45) is 0. The first-order valence-electron chi connectivity index (χ1n) is 8.63. The summed E-state index contributed by atoms with van der Waals surface area (Å²) in [7, 11) is 0. The van der Waals surface area contributed by atoms with Gasteiger partial charge in [-0.15, -0.1) is 0 Å². The Morgan fingerprint density at radius 3 is 2.20 bits per heavy atom. The van der Waals surface area contributed by atoms with E-state index in [2.05, 4.69) is 57.7 Å². The van der Waals surface area contributed by atoms with E-state index in [1.807, 2.05) is 32.0 Å². The minimum Gasteiger partial charge on any atom is -0.618 e. The van der Waals surface area contributed by atoms with Gasteiger partial charge < -0.3 is 5.21 Å². The summed E-state index contributed by atoms with van der Waals surface area (Å²) in [4.78, 5) is 0. The fourth-order valence-electron chi connectivity index (χ4n) is 3.32. The molecule has 0 saturated heterocycles. The molecule has 2 nitrogen and oxygen atoms in total. The molecule has 1 aromatic heterocycles. The predicted molar refractivity (Wildman–Crippen MR) is 106 cm³/mol. The Hall–Kier alpha value is -2.61. The number of benzene rings is 2. The van der Waals surface area contributed by atoms with Gasteiger partial charge in [-0.1, -0.05) is 63.7 Å². The fraction of sp³-hybridized carbons (Fsp3) is 0.261. The van der Waals surface area contributed by atoms with Crippen LogP contribution in [0.3, 0.4) is 0 Å². The summed E-state index contributed by atoms with van der Waals surface area (Å²) >= 11 is 0. The van der Waals surface area contributed by atoms with Gasteiger partial charge >= 0.3 is 0 Å². The van der Waals surface area contributed by atoms with Crippen molar-refractivity contribution >= 4 is 16.3 Å². The zero-order valence-electron chi connectivity index (χ0n) is 15.7. The molecule has 3 rings (SSSR count). The van der Waals surface area contributed by atoms with Crippen LogP contribution in [-0.4, -0.2) is 0 Å². The molecule has 0 amide bonds. The summed E-state index contributed by atoms with van der Waals surface area (Å²) in [5.74, 6) is 0.